The molecule has 0 amide bonds. The van der Waals surface area contributed by atoms with Crippen molar-refractivity contribution in [3.63, 3.8) is 0 Å². The number of benzene rings is 1. The monoisotopic (exact) mass is 347 g/mol. The molecule has 2 aromatic heterocycles. The van der Waals surface area contributed by atoms with Gasteiger partial charge >= 0.3 is 6.18 Å². The molecule has 0 unspecified atom stereocenters. The van der Waals surface area contributed by atoms with E-state index in [1.54, 1.807) is 6.20 Å². The van der Waals surface area contributed by atoms with E-state index in [1.807, 2.05) is 0 Å². The van der Waals surface area contributed by atoms with E-state index in [-0.39, 0.29) is 15.7 Å². The summed E-state index contributed by atoms with van der Waals surface area (Å²) in [5.74, 6) is 0.463. The molecule has 0 spiro atoms. The average Bonchev–Trinajstić information content (AvgIpc) is 3.07. The van der Waals surface area contributed by atoms with Crippen LogP contribution in [0.3, 0.4) is 0 Å². The lowest BCUT2D eigenvalue weighted by Crippen LogP contribution is -2.07. The Morgan fingerprint density at radius 2 is 1.82 bits per heavy atom. The summed E-state index contributed by atoms with van der Waals surface area (Å²) in [6.45, 7) is 0. The van der Waals surface area contributed by atoms with Gasteiger partial charge in [-0.25, -0.2) is 4.98 Å². The fraction of sp³-hybridized carbons (Fsp3) is 0.0833. The van der Waals surface area contributed by atoms with E-state index < -0.39 is 11.7 Å². The standard InChI is InChI=1S/C12H6Cl2F3N5/c13-7-3-6(12(15,16)17)4-8(14)10(7)22-20-5-9(21-22)11-18-1-2-19-11/h1-5H,(H,18,19). The van der Waals surface area contributed by atoms with Crippen molar-refractivity contribution < 1.29 is 13.2 Å². The number of halogens is 5. The summed E-state index contributed by atoms with van der Waals surface area (Å²) in [5.41, 5.74) is -0.476. The number of nitrogens with zero attached hydrogens (tertiary/aromatic N) is 4. The number of hydrogen-bond donors (Lipinski definition) is 1. The van der Waals surface area contributed by atoms with E-state index in [1.165, 1.54) is 12.4 Å². The molecule has 0 aliphatic heterocycles. The molecule has 1 N–H and O–H groups in total. The highest BCUT2D eigenvalue weighted by atomic mass is 35.5. The van der Waals surface area contributed by atoms with Gasteiger partial charge in [-0.2, -0.15) is 18.3 Å². The highest BCUT2D eigenvalue weighted by Crippen LogP contribution is 2.37. The van der Waals surface area contributed by atoms with Crippen LogP contribution in [-0.4, -0.2) is 25.0 Å². The normalized spacial score (nSPS) is 11.9. The Labute approximate surface area is 131 Å². The summed E-state index contributed by atoms with van der Waals surface area (Å²) in [6.07, 6.45) is -0.00921. The van der Waals surface area contributed by atoms with Crippen molar-refractivity contribution in [2.45, 2.75) is 6.18 Å². The Bertz CT molecular complexity index is 788. The summed E-state index contributed by atoms with van der Waals surface area (Å²) in [6, 6.07) is 1.55. The predicted octanol–water partition coefficient (Wildman–Crippen LogP) is 3.98. The van der Waals surface area contributed by atoms with Crippen LogP contribution >= 0.6 is 23.2 Å². The van der Waals surface area contributed by atoms with Gasteiger partial charge in [-0.1, -0.05) is 23.2 Å². The Kier molecular flexibility index (Phi) is 3.57. The molecule has 3 aromatic rings. The lowest BCUT2D eigenvalue weighted by Gasteiger charge is -2.11. The van der Waals surface area contributed by atoms with Crippen molar-refractivity contribution in [2.24, 2.45) is 0 Å². The molecule has 2 heterocycles. The first-order chi connectivity index (χ1) is 10.4. The molecule has 0 radical (unpaired) electrons. The van der Waals surface area contributed by atoms with Crippen molar-refractivity contribution in [1.82, 2.24) is 25.0 Å². The molecule has 0 aliphatic rings. The third kappa shape index (κ3) is 2.67. The van der Waals surface area contributed by atoms with Crippen LogP contribution in [0.4, 0.5) is 13.2 Å². The van der Waals surface area contributed by atoms with Gasteiger partial charge in [0.05, 0.1) is 21.8 Å². The number of imidazole rings is 1. The van der Waals surface area contributed by atoms with E-state index in [9.17, 15) is 13.2 Å². The Balaban J connectivity index is 2.06. The van der Waals surface area contributed by atoms with Crippen LogP contribution in [0.1, 0.15) is 5.56 Å². The first-order valence-electron chi connectivity index (χ1n) is 5.85. The summed E-state index contributed by atoms with van der Waals surface area (Å²) < 4.78 is 38.1. The third-order valence-corrected chi connectivity index (χ3v) is 3.35. The maximum absolute atomic E-state index is 12.7. The second kappa shape index (κ2) is 5.29. The third-order valence-electron chi connectivity index (χ3n) is 2.78. The molecular formula is C12H6Cl2F3N5. The highest BCUT2D eigenvalue weighted by molar-refractivity contribution is 6.37. The molecular weight excluding hydrogens is 342 g/mol. The van der Waals surface area contributed by atoms with E-state index in [2.05, 4.69) is 20.2 Å². The predicted molar refractivity (Wildman–Crippen MR) is 74.0 cm³/mol. The second-order valence-corrected chi connectivity index (χ2v) is 5.06. The SMILES string of the molecule is FC(F)(F)c1cc(Cl)c(-n2ncc(-c3ncc[nH]3)n2)c(Cl)c1. The van der Waals surface area contributed by atoms with Gasteiger partial charge in [0.1, 0.15) is 11.4 Å². The molecule has 5 nitrogen and oxygen atoms in total. The van der Waals surface area contributed by atoms with Gasteiger partial charge in [0.15, 0.2) is 5.82 Å². The van der Waals surface area contributed by atoms with Gasteiger partial charge in [-0.05, 0) is 12.1 Å². The number of aromatic amines is 1. The molecule has 3 rings (SSSR count). The van der Waals surface area contributed by atoms with E-state index in [0.29, 0.717) is 11.5 Å². The molecule has 0 fully saturated rings. The second-order valence-electron chi connectivity index (χ2n) is 4.24. The quantitative estimate of drug-likeness (QED) is 0.762. The van der Waals surface area contributed by atoms with Crippen LogP contribution < -0.4 is 0 Å². The summed E-state index contributed by atoms with van der Waals surface area (Å²) in [5, 5.41) is 7.64. The largest absolute Gasteiger partial charge is 0.416 e. The first-order valence-corrected chi connectivity index (χ1v) is 6.60. The molecule has 0 saturated heterocycles. The van der Waals surface area contributed by atoms with Gasteiger partial charge in [0.2, 0.25) is 0 Å². The van der Waals surface area contributed by atoms with Crippen LogP contribution in [-0.2, 0) is 6.18 Å². The van der Waals surface area contributed by atoms with E-state index in [4.69, 9.17) is 23.2 Å². The minimum atomic E-state index is -4.54. The maximum atomic E-state index is 12.7. The van der Waals surface area contributed by atoms with E-state index in [0.717, 1.165) is 16.9 Å². The van der Waals surface area contributed by atoms with Crippen LogP contribution in [0.15, 0.2) is 30.7 Å². The molecule has 0 saturated carbocycles. The van der Waals surface area contributed by atoms with Crippen molar-refractivity contribution >= 4 is 23.2 Å². The highest BCUT2D eigenvalue weighted by Gasteiger charge is 2.32. The molecule has 0 bridgehead atoms. The minimum Gasteiger partial charge on any atom is -0.343 e. The summed E-state index contributed by atoms with van der Waals surface area (Å²) >= 11 is 11.8. The Hall–Kier alpha value is -2.06. The fourth-order valence-electron chi connectivity index (χ4n) is 1.80. The van der Waals surface area contributed by atoms with Crippen molar-refractivity contribution in [1.29, 1.82) is 0 Å². The number of rotatable bonds is 2. The Morgan fingerprint density at radius 1 is 1.14 bits per heavy atom. The summed E-state index contributed by atoms with van der Waals surface area (Å²) in [7, 11) is 0. The molecule has 1 aromatic carbocycles. The number of nitrogens with one attached hydrogen (secondary N) is 1. The van der Waals surface area contributed by atoms with Gasteiger partial charge < -0.3 is 4.98 Å². The molecule has 0 aliphatic carbocycles. The maximum Gasteiger partial charge on any atom is 0.416 e. The van der Waals surface area contributed by atoms with Crippen LogP contribution in [0.2, 0.25) is 10.0 Å². The van der Waals surface area contributed by atoms with Gasteiger partial charge in [-0.3, -0.25) is 0 Å². The van der Waals surface area contributed by atoms with Crippen molar-refractivity contribution in [2.75, 3.05) is 0 Å². The van der Waals surface area contributed by atoms with Crippen molar-refractivity contribution in [3.8, 4) is 17.2 Å². The van der Waals surface area contributed by atoms with E-state index >= 15 is 0 Å². The fourth-order valence-corrected chi connectivity index (χ4v) is 2.44. The lowest BCUT2D eigenvalue weighted by atomic mass is 10.2. The van der Waals surface area contributed by atoms with Gasteiger partial charge in [0, 0.05) is 12.4 Å². The first kappa shape index (κ1) is 14.9. The van der Waals surface area contributed by atoms with Gasteiger partial charge in [0.25, 0.3) is 0 Å². The number of aromatic nitrogens is 5. The smallest absolute Gasteiger partial charge is 0.343 e. The van der Waals surface area contributed by atoms with Crippen LogP contribution in [0.25, 0.3) is 17.2 Å². The zero-order valence-corrected chi connectivity index (χ0v) is 12.1. The lowest BCUT2D eigenvalue weighted by molar-refractivity contribution is -0.137. The summed E-state index contributed by atoms with van der Waals surface area (Å²) in [4.78, 5) is 7.89. The average molecular weight is 348 g/mol. The zero-order valence-electron chi connectivity index (χ0n) is 10.6. The minimum absolute atomic E-state index is 0.0640. The number of hydrogen-bond acceptors (Lipinski definition) is 3. The van der Waals surface area contributed by atoms with Crippen LogP contribution in [0.5, 0.6) is 0 Å². The molecule has 10 heteroatoms. The van der Waals surface area contributed by atoms with Crippen molar-refractivity contribution in [3.05, 3.63) is 46.3 Å². The number of H-pyrrole nitrogens is 1. The van der Waals surface area contributed by atoms with Gasteiger partial charge in [-0.15, -0.1) is 9.90 Å². The Morgan fingerprint density at radius 3 is 2.36 bits per heavy atom. The zero-order chi connectivity index (χ0) is 15.9. The molecule has 114 valence electrons. The molecule has 22 heavy (non-hydrogen) atoms. The topological polar surface area (TPSA) is 59.4 Å². The van der Waals surface area contributed by atoms with Crippen LogP contribution in [0, 0.1) is 0 Å². The molecule has 0 atom stereocenters. The number of alkyl halides is 3.